The first kappa shape index (κ1) is 24.5. The molecule has 0 saturated carbocycles. The molecule has 1 aliphatic rings. The average Bonchev–Trinajstić information content (AvgIpc) is 2.82. The minimum atomic E-state index is -3.83. The van der Waals surface area contributed by atoms with Crippen LogP contribution in [0.1, 0.15) is 30.1 Å². The Balaban J connectivity index is 1.57. The number of amides is 1. The molecule has 33 heavy (non-hydrogen) atoms. The second-order valence-corrected chi connectivity index (χ2v) is 9.20. The second-order valence-electron chi connectivity index (χ2n) is 7.26. The topological polar surface area (TPSA) is 105 Å². The number of piperidine rings is 1. The maximum atomic E-state index is 13.7. The first-order valence-corrected chi connectivity index (χ1v) is 11.6. The summed E-state index contributed by atoms with van der Waals surface area (Å²) in [4.78, 5) is 24.1. The molecule has 1 saturated heterocycles. The minimum Gasteiger partial charge on any atom is -0.462 e. The number of nitrogens with one attached hydrogen (secondary N) is 2. The number of halogens is 3. The van der Waals surface area contributed by atoms with Crippen molar-refractivity contribution in [2.75, 3.05) is 25.1 Å². The highest BCUT2D eigenvalue weighted by atomic mass is 32.2. The summed E-state index contributed by atoms with van der Waals surface area (Å²) >= 11 is 0. The fraction of sp³-hybridized carbons (Fsp3) is 0.333. The quantitative estimate of drug-likeness (QED) is 0.355. The normalized spacial score (nSPS) is 15.2. The molecule has 0 radical (unpaired) electrons. The van der Waals surface area contributed by atoms with Crippen LogP contribution in [0.15, 0.2) is 41.3 Å². The number of hydrogen-bond donors (Lipinski definition) is 2. The fourth-order valence-electron chi connectivity index (χ4n) is 3.34. The van der Waals surface area contributed by atoms with Crippen molar-refractivity contribution in [2.24, 2.45) is 5.92 Å². The van der Waals surface area contributed by atoms with E-state index in [9.17, 15) is 31.2 Å². The Morgan fingerprint density at radius 3 is 2.27 bits per heavy atom. The molecule has 178 valence electrons. The summed E-state index contributed by atoms with van der Waals surface area (Å²) in [5, 5.41) is 0. The number of esters is 1. The van der Waals surface area contributed by atoms with Crippen LogP contribution in [-0.2, 0) is 19.6 Å². The van der Waals surface area contributed by atoms with Gasteiger partial charge in [0, 0.05) is 19.0 Å². The van der Waals surface area contributed by atoms with Gasteiger partial charge in [-0.1, -0.05) is 0 Å². The summed E-state index contributed by atoms with van der Waals surface area (Å²) in [6, 6.07) is 7.04. The number of hydrazine groups is 1. The number of rotatable bonds is 7. The molecule has 0 spiro atoms. The Morgan fingerprint density at radius 2 is 1.67 bits per heavy atom. The van der Waals surface area contributed by atoms with Gasteiger partial charge in [-0.2, -0.15) is 4.31 Å². The SMILES string of the molecule is CCOC(=O)c1ccc(S(=O)(=O)N2CCC(C(=O)NNc3ccc(F)c(F)c3F)CC2)cc1. The average molecular weight is 485 g/mol. The van der Waals surface area contributed by atoms with E-state index in [1.165, 1.54) is 28.6 Å². The molecule has 1 amide bonds. The minimum absolute atomic E-state index is 0.00827. The maximum Gasteiger partial charge on any atom is 0.338 e. The summed E-state index contributed by atoms with van der Waals surface area (Å²) in [6.07, 6.45) is 0.405. The van der Waals surface area contributed by atoms with Crippen LogP contribution in [0.2, 0.25) is 0 Å². The van der Waals surface area contributed by atoms with Gasteiger partial charge in [-0.3, -0.25) is 15.6 Å². The van der Waals surface area contributed by atoms with Crippen LogP contribution in [0.5, 0.6) is 0 Å². The van der Waals surface area contributed by atoms with Crippen molar-refractivity contribution in [1.82, 2.24) is 9.73 Å². The van der Waals surface area contributed by atoms with Crippen molar-refractivity contribution in [1.29, 1.82) is 0 Å². The summed E-state index contributed by atoms with van der Waals surface area (Å²) in [5.41, 5.74) is 4.25. The lowest BCUT2D eigenvalue weighted by Crippen LogP contribution is -2.44. The molecule has 2 aromatic carbocycles. The van der Waals surface area contributed by atoms with E-state index in [0.29, 0.717) is 0 Å². The van der Waals surface area contributed by atoms with Crippen LogP contribution in [-0.4, -0.2) is 44.3 Å². The van der Waals surface area contributed by atoms with Crippen LogP contribution >= 0.6 is 0 Å². The molecule has 0 aliphatic carbocycles. The second kappa shape index (κ2) is 10.2. The molecule has 0 aromatic heterocycles. The zero-order valence-electron chi connectivity index (χ0n) is 17.6. The lowest BCUT2D eigenvalue weighted by Gasteiger charge is -2.30. The number of nitrogens with zero attached hydrogens (tertiary/aromatic N) is 1. The highest BCUT2D eigenvalue weighted by molar-refractivity contribution is 7.89. The summed E-state index contributed by atoms with van der Waals surface area (Å²) in [5.74, 6) is -6.13. The lowest BCUT2D eigenvalue weighted by molar-refractivity contribution is -0.125. The third kappa shape index (κ3) is 5.45. The molecule has 2 aromatic rings. The number of anilines is 1. The van der Waals surface area contributed by atoms with Crippen LogP contribution in [0, 0.1) is 23.4 Å². The fourth-order valence-corrected chi connectivity index (χ4v) is 4.81. The van der Waals surface area contributed by atoms with Crippen molar-refractivity contribution >= 4 is 27.6 Å². The number of carbonyl (C=O) groups excluding carboxylic acids is 2. The summed E-state index contributed by atoms with van der Waals surface area (Å²) < 4.78 is 71.8. The highest BCUT2D eigenvalue weighted by Gasteiger charge is 2.32. The predicted molar refractivity (Wildman–Crippen MR) is 112 cm³/mol. The molecule has 0 atom stereocenters. The van der Waals surface area contributed by atoms with Gasteiger partial charge in [0.1, 0.15) is 0 Å². The van der Waals surface area contributed by atoms with E-state index in [2.05, 4.69) is 10.9 Å². The molecule has 1 aliphatic heterocycles. The van der Waals surface area contributed by atoms with Crippen molar-refractivity contribution in [3.63, 3.8) is 0 Å². The Bertz CT molecular complexity index is 1130. The molecular formula is C21H22F3N3O5S. The Labute approximate surface area is 188 Å². The first-order chi connectivity index (χ1) is 15.6. The van der Waals surface area contributed by atoms with Gasteiger partial charge in [0.25, 0.3) is 0 Å². The molecule has 8 nitrogen and oxygen atoms in total. The predicted octanol–water partition coefficient (Wildman–Crippen LogP) is 2.82. The Kier molecular flexibility index (Phi) is 7.59. The van der Waals surface area contributed by atoms with E-state index in [-0.39, 0.29) is 43.0 Å². The van der Waals surface area contributed by atoms with Gasteiger partial charge in [0.2, 0.25) is 15.9 Å². The van der Waals surface area contributed by atoms with Gasteiger partial charge < -0.3 is 4.74 Å². The lowest BCUT2D eigenvalue weighted by atomic mass is 9.98. The molecule has 0 bridgehead atoms. The molecule has 3 rings (SSSR count). The summed E-state index contributed by atoms with van der Waals surface area (Å²) in [7, 11) is -3.83. The standard InChI is InChI=1S/C21H22F3N3O5S/c1-2-32-21(29)14-3-5-15(6-4-14)33(30,31)27-11-9-13(10-12-27)20(28)26-25-17-8-7-16(22)18(23)19(17)24/h3-8,13,25H,2,9-12H2,1H3,(H,26,28). The van der Waals surface area contributed by atoms with Crippen molar-refractivity contribution in [3.05, 3.63) is 59.4 Å². The third-order valence-corrected chi connectivity index (χ3v) is 7.10. The smallest absolute Gasteiger partial charge is 0.338 e. The van der Waals surface area contributed by atoms with Gasteiger partial charge in [-0.25, -0.2) is 26.4 Å². The van der Waals surface area contributed by atoms with Gasteiger partial charge >= 0.3 is 5.97 Å². The van der Waals surface area contributed by atoms with Gasteiger partial charge in [-0.05, 0) is 56.2 Å². The highest BCUT2D eigenvalue weighted by Crippen LogP contribution is 2.25. The van der Waals surface area contributed by atoms with Crippen molar-refractivity contribution in [2.45, 2.75) is 24.7 Å². The molecule has 0 unspecified atom stereocenters. The number of sulfonamides is 1. The van der Waals surface area contributed by atoms with E-state index in [0.717, 1.165) is 12.1 Å². The van der Waals surface area contributed by atoms with Crippen LogP contribution in [0.4, 0.5) is 18.9 Å². The van der Waals surface area contributed by atoms with Crippen molar-refractivity contribution in [3.8, 4) is 0 Å². The molecule has 2 N–H and O–H groups in total. The third-order valence-electron chi connectivity index (χ3n) is 5.18. The maximum absolute atomic E-state index is 13.7. The van der Waals surface area contributed by atoms with Crippen LogP contribution in [0.3, 0.4) is 0 Å². The number of carbonyl (C=O) groups is 2. The molecular weight excluding hydrogens is 463 g/mol. The Hall–Kier alpha value is -3.12. The zero-order chi connectivity index (χ0) is 24.2. The van der Waals surface area contributed by atoms with Gasteiger partial charge in [-0.15, -0.1) is 0 Å². The van der Waals surface area contributed by atoms with Crippen molar-refractivity contribution < 1.29 is 35.9 Å². The Morgan fingerprint density at radius 1 is 1.03 bits per heavy atom. The number of hydrogen-bond acceptors (Lipinski definition) is 6. The molecule has 1 heterocycles. The summed E-state index contributed by atoms with van der Waals surface area (Å²) in [6.45, 7) is 2.00. The van der Waals surface area contributed by atoms with E-state index in [1.54, 1.807) is 6.92 Å². The molecule has 1 fully saturated rings. The van der Waals surface area contributed by atoms with E-state index in [1.807, 2.05) is 0 Å². The van der Waals surface area contributed by atoms with Gasteiger partial charge in [0.05, 0.1) is 22.8 Å². The van der Waals surface area contributed by atoms with E-state index < -0.39 is 51.0 Å². The monoisotopic (exact) mass is 485 g/mol. The van der Waals surface area contributed by atoms with E-state index in [4.69, 9.17) is 4.74 Å². The molecule has 12 heteroatoms. The largest absolute Gasteiger partial charge is 0.462 e. The number of benzene rings is 2. The van der Waals surface area contributed by atoms with Crippen LogP contribution in [0.25, 0.3) is 0 Å². The van der Waals surface area contributed by atoms with Crippen LogP contribution < -0.4 is 10.9 Å². The first-order valence-electron chi connectivity index (χ1n) is 10.1. The van der Waals surface area contributed by atoms with E-state index >= 15 is 0 Å². The zero-order valence-corrected chi connectivity index (χ0v) is 18.4. The van der Waals surface area contributed by atoms with Gasteiger partial charge in [0.15, 0.2) is 17.5 Å². The number of ether oxygens (including phenoxy) is 1.